The van der Waals surface area contributed by atoms with Crippen molar-refractivity contribution < 1.29 is 17.1 Å². The smallest absolute Gasteiger partial charge is 0.658 e. The van der Waals surface area contributed by atoms with Crippen LogP contribution in [0.25, 0.3) is 22.3 Å². The number of rotatable bonds is 5. The standard InChI is InChI=1S/C27H28N4.Mn/c1-6-17(3)21-10-11-24(29-21)19(5)25-13-15-27(31-25)20(7-2)26-14-12-23(30-26)18(4)22-9-8-16-28-22;/h8-16H,6-7H2,1-5H3;/q-2;+2/b21-17+,22-18-,24-19-,27-20-;. The van der Waals surface area contributed by atoms with Gasteiger partial charge in [0.25, 0.3) is 0 Å². The number of hydrogen-bond donors (Lipinski definition) is 0. The molecule has 2 aliphatic rings. The summed E-state index contributed by atoms with van der Waals surface area (Å²) in [6.07, 6.45) is 11.8. The third-order valence-electron chi connectivity index (χ3n) is 5.95. The Morgan fingerprint density at radius 3 is 2.22 bits per heavy atom. The summed E-state index contributed by atoms with van der Waals surface area (Å²) in [5.41, 5.74) is 9.50. The fourth-order valence-electron chi connectivity index (χ4n) is 3.75. The SMILES string of the molecule is CC/C(=C1\C=CC(C(/C)=c2/cc/c(=C(/C)CC)[n-]2)=N1)c1ccc(/C(C)=C2/C=CC=N2)[n-]1.[Mn+2]. The van der Waals surface area contributed by atoms with Crippen LogP contribution >= 0.6 is 0 Å². The van der Waals surface area contributed by atoms with Crippen molar-refractivity contribution in [3.8, 4) is 0 Å². The van der Waals surface area contributed by atoms with Crippen molar-refractivity contribution in [1.29, 1.82) is 0 Å². The first-order chi connectivity index (χ1) is 15.0. The van der Waals surface area contributed by atoms with Crippen LogP contribution in [-0.4, -0.2) is 11.9 Å². The zero-order valence-corrected chi connectivity index (χ0v) is 20.5. The molecular weight excluding hydrogens is 435 g/mol. The van der Waals surface area contributed by atoms with Gasteiger partial charge in [0.1, 0.15) is 0 Å². The molecule has 1 radical (unpaired) electrons. The zero-order chi connectivity index (χ0) is 22.0. The third-order valence-corrected chi connectivity index (χ3v) is 5.95. The normalized spacial score (nSPS) is 19.7. The molecule has 0 saturated carbocycles. The summed E-state index contributed by atoms with van der Waals surface area (Å²) >= 11 is 0. The molecule has 32 heavy (non-hydrogen) atoms. The predicted octanol–water partition coefficient (Wildman–Crippen LogP) is 4.55. The minimum Gasteiger partial charge on any atom is -0.658 e. The molecule has 2 aromatic heterocycles. The van der Waals surface area contributed by atoms with Crippen molar-refractivity contribution >= 4 is 34.2 Å². The summed E-state index contributed by atoms with van der Waals surface area (Å²) in [6.45, 7) is 10.6. The van der Waals surface area contributed by atoms with E-state index in [-0.39, 0.29) is 17.1 Å². The molecule has 0 fully saturated rings. The number of nitrogens with zero attached hydrogens (tertiary/aromatic N) is 4. The predicted molar refractivity (Wildman–Crippen MR) is 131 cm³/mol. The van der Waals surface area contributed by atoms with E-state index in [0.29, 0.717) is 0 Å². The van der Waals surface area contributed by atoms with Gasteiger partial charge in [-0.1, -0.05) is 43.7 Å². The molecule has 2 aliphatic heterocycles. The molecule has 0 spiro atoms. The largest absolute Gasteiger partial charge is 2.00 e. The fraction of sp³-hybridized carbons (Fsp3) is 0.259. The molecule has 4 nitrogen and oxygen atoms in total. The van der Waals surface area contributed by atoms with E-state index in [1.807, 2.05) is 18.4 Å². The van der Waals surface area contributed by atoms with Crippen molar-refractivity contribution in [3.05, 3.63) is 82.0 Å². The first kappa shape index (κ1) is 23.8. The Morgan fingerprint density at radius 1 is 0.781 bits per heavy atom. The van der Waals surface area contributed by atoms with Crippen LogP contribution in [0.1, 0.15) is 58.8 Å². The molecule has 5 heteroatoms. The molecule has 0 atom stereocenters. The maximum Gasteiger partial charge on any atom is 2.00 e. The Morgan fingerprint density at radius 2 is 1.53 bits per heavy atom. The maximum atomic E-state index is 4.93. The van der Waals surface area contributed by atoms with E-state index in [1.165, 1.54) is 5.57 Å². The molecule has 4 rings (SSSR count). The van der Waals surface area contributed by atoms with Gasteiger partial charge in [-0.2, -0.15) is 0 Å². The van der Waals surface area contributed by atoms with Gasteiger partial charge in [0.2, 0.25) is 0 Å². The van der Waals surface area contributed by atoms with Gasteiger partial charge < -0.3 is 9.97 Å². The van der Waals surface area contributed by atoms with Crippen molar-refractivity contribution in [3.63, 3.8) is 0 Å². The van der Waals surface area contributed by atoms with Crippen LogP contribution in [0.5, 0.6) is 0 Å². The first-order valence-corrected chi connectivity index (χ1v) is 10.9. The van der Waals surface area contributed by atoms with E-state index >= 15 is 0 Å². The number of aromatic nitrogens is 2. The molecule has 0 aliphatic carbocycles. The van der Waals surface area contributed by atoms with E-state index < -0.39 is 0 Å². The molecule has 163 valence electrons. The van der Waals surface area contributed by atoms with Gasteiger partial charge in [-0.3, -0.25) is 4.99 Å². The third kappa shape index (κ3) is 4.64. The Bertz CT molecular complexity index is 1310. The second kappa shape index (κ2) is 10.2. The van der Waals surface area contributed by atoms with Crippen LogP contribution in [0.2, 0.25) is 0 Å². The minimum absolute atomic E-state index is 0. The fourth-order valence-corrected chi connectivity index (χ4v) is 3.75. The van der Waals surface area contributed by atoms with Crippen LogP contribution < -0.4 is 20.7 Å². The Kier molecular flexibility index (Phi) is 7.55. The second-order valence-corrected chi connectivity index (χ2v) is 7.89. The van der Waals surface area contributed by atoms with Crippen LogP contribution in [0.15, 0.2) is 69.9 Å². The molecule has 0 saturated heterocycles. The minimum atomic E-state index is 0. The molecule has 0 amide bonds. The van der Waals surface area contributed by atoms with E-state index in [4.69, 9.17) is 15.0 Å². The number of hydrogen-bond acceptors (Lipinski definition) is 2. The Balaban J connectivity index is 0.00000289. The molecule has 0 N–H and O–H groups in total. The average Bonchev–Trinajstić information content (AvgIpc) is 3.58. The first-order valence-electron chi connectivity index (χ1n) is 10.9. The van der Waals surface area contributed by atoms with Gasteiger partial charge >= 0.3 is 17.1 Å². The number of aliphatic imine (C=N–C) groups is 2. The summed E-state index contributed by atoms with van der Waals surface area (Å²) in [7, 11) is 0. The molecular formula is C27H28MnN4. The maximum absolute atomic E-state index is 4.93. The van der Waals surface area contributed by atoms with Crippen LogP contribution in [0.4, 0.5) is 0 Å². The quantitative estimate of drug-likeness (QED) is 0.611. The Hall–Kier alpha value is -2.88. The topological polar surface area (TPSA) is 52.9 Å². The van der Waals surface area contributed by atoms with Crippen LogP contribution in [0, 0.1) is 0 Å². The van der Waals surface area contributed by atoms with Gasteiger partial charge in [0.15, 0.2) is 0 Å². The summed E-state index contributed by atoms with van der Waals surface area (Å²) in [4.78, 5) is 19.0. The zero-order valence-electron chi connectivity index (χ0n) is 19.3. The summed E-state index contributed by atoms with van der Waals surface area (Å²) in [6, 6.07) is 8.34. The average molecular weight is 463 g/mol. The van der Waals surface area contributed by atoms with E-state index in [9.17, 15) is 0 Å². The monoisotopic (exact) mass is 463 g/mol. The Labute approximate surface area is 200 Å². The van der Waals surface area contributed by atoms with Crippen LogP contribution in [-0.2, 0) is 17.1 Å². The molecule has 2 aromatic rings. The summed E-state index contributed by atoms with van der Waals surface area (Å²) in [5, 5.41) is 2.07. The van der Waals surface area contributed by atoms with Gasteiger partial charge in [0.05, 0.1) is 17.1 Å². The van der Waals surface area contributed by atoms with Gasteiger partial charge in [-0.15, -0.1) is 22.1 Å². The molecule has 0 aromatic carbocycles. The second-order valence-electron chi connectivity index (χ2n) is 7.89. The van der Waals surface area contributed by atoms with E-state index in [0.717, 1.165) is 68.8 Å². The molecule has 0 unspecified atom stereocenters. The summed E-state index contributed by atoms with van der Waals surface area (Å²) < 4.78 is 0. The van der Waals surface area contributed by atoms with Gasteiger partial charge in [-0.25, -0.2) is 4.99 Å². The van der Waals surface area contributed by atoms with Gasteiger partial charge in [0, 0.05) is 6.21 Å². The molecule has 4 heterocycles. The van der Waals surface area contributed by atoms with Crippen molar-refractivity contribution in [2.75, 3.05) is 0 Å². The van der Waals surface area contributed by atoms with E-state index in [2.05, 4.69) is 76.0 Å². The van der Waals surface area contributed by atoms with Crippen molar-refractivity contribution in [1.82, 2.24) is 9.97 Å². The van der Waals surface area contributed by atoms with E-state index in [1.54, 1.807) is 0 Å². The summed E-state index contributed by atoms with van der Waals surface area (Å²) in [5.74, 6) is 0. The molecule has 0 bridgehead atoms. The number of allylic oxidation sites excluding steroid dienone is 6. The van der Waals surface area contributed by atoms with Crippen molar-refractivity contribution in [2.45, 2.75) is 47.5 Å². The van der Waals surface area contributed by atoms with Crippen molar-refractivity contribution in [2.24, 2.45) is 9.98 Å². The van der Waals surface area contributed by atoms with Gasteiger partial charge in [-0.05, 0) is 74.6 Å². The van der Waals surface area contributed by atoms with Crippen LogP contribution in [0.3, 0.4) is 0 Å².